The number of hydrogen-bond donors (Lipinski definition) is 3. The van der Waals surface area contributed by atoms with Crippen LogP contribution in [0.25, 0.3) is 0 Å². The van der Waals surface area contributed by atoms with E-state index in [-0.39, 0.29) is 11.6 Å². The van der Waals surface area contributed by atoms with Crippen LogP contribution in [-0.4, -0.2) is 22.9 Å². The number of non-ortho nitro benzene ring substituents is 1. The molecule has 2 aromatic rings. The second-order valence-electron chi connectivity index (χ2n) is 5.33. The quantitative estimate of drug-likeness (QED) is 0.552. The molecule has 0 unspecified atom stereocenters. The molecule has 2 rings (SSSR count). The number of nitrogens with one attached hydrogen (secondary N) is 3. The molecule has 0 bridgehead atoms. The van der Waals surface area contributed by atoms with Crippen LogP contribution in [0.1, 0.15) is 12.5 Å². The third-order valence-electron chi connectivity index (χ3n) is 3.39. The summed E-state index contributed by atoms with van der Waals surface area (Å²) in [5.41, 5.74) is 1.28. The number of hydrogen-bond acceptors (Lipinski definition) is 4. The van der Waals surface area contributed by atoms with E-state index in [9.17, 15) is 19.7 Å². The van der Waals surface area contributed by atoms with Crippen molar-refractivity contribution in [3.63, 3.8) is 0 Å². The minimum absolute atomic E-state index is 0.0698. The predicted molar refractivity (Wildman–Crippen MR) is 93.0 cm³/mol. The largest absolute Gasteiger partial charge is 0.350 e. The summed E-state index contributed by atoms with van der Waals surface area (Å²) in [6.07, 6.45) is 0. The van der Waals surface area contributed by atoms with Crippen molar-refractivity contribution in [2.45, 2.75) is 19.5 Å². The Morgan fingerprint density at radius 3 is 2.32 bits per heavy atom. The molecule has 0 aliphatic carbocycles. The molecule has 8 nitrogen and oxygen atoms in total. The summed E-state index contributed by atoms with van der Waals surface area (Å²) in [4.78, 5) is 33.9. The summed E-state index contributed by atoms with van der Waals surface area (Å²) in [7, 11) is 0. The van der Waals surface area contributed by atoms with Gasteiger partial charge in [0.2, 0.25) is 5.91 Å². The summed E-state index contributed by atoms with van der Waals surface area (Å²) in [5, 5.41) is 18.3. The van der Waals surface area contributed by atoms with Crippen molar-refractivity contribution in [3.05, 3.63) is 70.3 Å². The Kier molecular flexibility index (Phi) is 6.05. The summed E-state index contributed by atoms with van der Waals surface area (Å²) in [6.45, 7) is 1.94. The highest BCUT2D eigenvalue weighted by Gasteiger charge is 2.15. The normalized spacial score (nSPS) is 11.2. The van der Waals surface area contributed by atoms with Gasteiger partial charge in [-0.2, -0.15) is 0 Å². The number of benzene rings is 2. The predicted octanol–water partition coefficient (Wildman–Crippen LogP) is 2.42. The van der Waals surface area contributed by atoms with E-state index in [1.165, 1.54) is 24.3 Å². The second-order valence-corrected chi connectivity index (χ2v) is 5.33. The molecule has 0 aromatic heterocycles. The van der Waals surface area contributed by atoms with Crippen LogP contribution in [0.15, 0.2) is 54.6 Å². The molecular formula is C17H18N4O4. The van der Waals surface area contributed by atoms with Gasteiger partial charge in [0, 0.05) is 24.4 Å². The lowest BCUT2D eigenvalue weighted by molar-refractivity contribution is -0.384. The van der Waals surface area contributed by atoms with Gasteiger partial charge in [0.05, 0.1) is 4.92 Å². The molecule has 0 spiro atoms. The Hall–Kier alpha value is -3.42. The highest BCUT2D eigenvalue weighted by Crippen LogP contribution is 2.15. The highest BCUT2D eigenvalue weighted by atomic mass is 16.6. The van der Waals surface area contributed by atoms with Gasteiger partial charge in [0.25, 0.3) is 5.69 Å². The molecule has 1 atom stereocenters. The Balaban J connectivity index is 1.80. The van der Waals surface area contributed by atoms with Crippen LogP contribution < -0.4 is 16.0 Å². The first-order valence-electron chi connectivity index (χ1n) is 7.59. The summed E-state index contributed by atoms with van der Waals surface area (Å²) >= 11 is 0. The van der Waals surface area contributed by atoms with E-state index in [1.807, 2.05) is 30.3 Å². The number of anilines is 1. The van der Waals surface area contributed by atoms with Crippen molar-refractivity contribution in [3.8, 4) is 0 Å². The highest BCUT2D eigenvalue weighted by molar-refractivity contribution is 5.93. The van der Waals surface area contributed by atoms with Gasteiger partial charge in [-0.1, -0.05) is 30.3 Å². The Morgan fingerprint density at radius 1 is 1.08 bits per heavy atom. The monoisotopic (exact) mass is 342 g/mol. The van der Waals surface area contributed by atoms with Crippen molar-refractivity contribution in [1.82, 2.24) is 10.6 Å². The lowest BCUT2D eigenvalue weighted by Gasteiger charge is -2.15. The van der Waals surface area contributed by atoms with Crippen molar-refractivity contribution in [1.29, 1.82) is 0 Å². The first-order valence-corrected chi connectivity index (χ1v) is 7.59. The van der Waals surface area contributed by atoms with E-state index in [4.69, 9.17) is 0 Å². The SMILES string of the molecule is C[C@H](NC(=O)Nc1ccc([N+](=O)[O-])cc1)C(=O)NCc1ccccc1. The van der Waals surface area contributed by atoms with Gasteiger partial charge in [-0.3, -0.25) is 14.9 Å². The average Bonchev–Trinajstić information content (AvgIpc) is 2.60. The Morgan fingerprint density at radius 2 is 1.72 bits per heavy atom. The third-order valence-corrected chi connectivity index (χ3v) is 3.39. The number of nitro groups is 1. The van der Waals surface area contributed by atoms with Crippen molar-refractivity contribution < 1.29 is 14.5 Å². The second kappa shape index (κ2) is 8.44. The molecule has 0 saturated carbocycles. The van der Waals surface area contributed by atoms with Crippen LogP contribution in [0.4, 0.5) is 16.2 Å². The number of nitrogens with zero attached hydrogens (tertiary/aromatic N) is 1. The molecular weight excluding hydrogens is 324 g/mol. The van der Waals surface area contributed by atoms with Crippen LogP contribution in [0.5, 0.6) is 0 Å². The zero-order valence-electron chi connectivity index (χ0n) is 13.6. The van der Waals surface area contributed by atoms with E-state index in [2.05, 4.69) is 16.0 Å². The van der Waals surface area contributed by atoms with Crippen LogP contribution in [0, 0.1) is 10.1 Å². The van der Waals surface area contributed by atoms with Crippen molar-refractivity contribution in [2.24, 2.45) is 0 Å². The van der Waals surface area contributed by atoms with Crippen molar-refractivity contribution in [2.75, 3.05) is 5.32 Å². The van der Waals surface area contributed by atoms with Gasteiger partial charge in [0.1, 0.15) is 6.04 Å². The number of rotatable bonds is 6. The minimum Gasteiger partial charge on any atom is -0.350 e. The summed E-state index contributed by atoms with van der Waals surface area (Å²) in [6, 6.07) is 13.5. The number of carbonyl (C=O) groups excluding carboxylic acids is 2. The maximum atomic E-state index is 12.0. The molecule has 0 aliphatic rings. The smallest absolute Gasteiger partial charge is 0.319 e. The van der Waals surface area contributed by atoms with E-state index >= 15 is 0 Å². The molecule has 3 amide bonds. The zero-order valence-corrected chi connectivity index (χ0v) is 13.6. The first-order chi connectivity index (χ1) is 12.0. The van der Waals surface area contributed by atoms with Crippen LogP contribution >= 0.6 is 0 Å². The maximum Gasteiger partial charge on any atom is 0.319 e. The lowest BCUT2D eigenvalue weighted by Crippen LogP contribution is -2.46. The summed E-state index contributed by atoms with van der Waals surface area (Å²) < 4.78 is 0. The van der Waals surface area contributed by atoms with Gasteiger partial charge in [-0.15, -0.1) is 0 Å². The van der Waals surface area contributed by atoms with Gasteiger partial charge in [0.15, 0.2) is 0 Å². The molecule has 8 heteroatoms. The molecule has 0 saturated heterocycles. The van der Waals surface area contributed by atoms with E-state index in [0.29, 0.717) is 12.2 Å². The third kappa shape index (κ3) is 5.61. The van der Waals surface area contributed by atoms with Gasteiger partial charge < -0.3 is 16.0 Å². The number of nitro benzene ring substituents is 1. The summed E-state index contributed by atoms with van der Waals surface area (Å²) in [5.74, 6) is -0.317. The van der Waals surface area contributed by atoms with Gasteiger partial charge >= 0.3 is 6.03 Å². The van der Waals surface area contributed by atoms with Crippen molar-refractivity contribution >= 4 is 23.3 Å². The average molecular weight is 342 g/mol. The standard InChI is InChI=1S/C17H18N4O4/c1-12(16(22)18-11-13-5-3-2-4-6-13)19-17(23)20-14-7-9-15(10-8-14)21(24)25/h2-10,12H,11H2,1H3,(H,18,22)(H2,19,20,23)/t12-/m0/s1. The zero-order chi connectivity index (χ0) is 18.2. The molecule has 2 aromatic carbocycles. The Bertz CT molecular complexity index is 747. The van der Waals surface area contributed by atoms with E-state index in [1.54, 1.807) is 6.92 Å². The molecule has 3 N–H and O–H groups in total. The van der Waals surface area contributed by atoms with Crippen LogP contribution in [0.2, 0.25) is 0 Å². The van der Waals surface area contributed by atoms with E-state index in [0.717, 1.165) is 5.56 Å². The number of urea groups is 1. The molecule has 25 heavy (non-hydrogen) atoms. The first kappa shape index (κ1) is 17.9. The molecule has 0 fully saturated rings. The minimum atomic E-state index is -0.734. The van der Waals surface area contributed by atoms with Crippen LogP contribution in [-0.2, 0) is 11.3 Å². The molecule has 0 aliphatic heterocycles. The van der Waals surface area contributed by atoms with Gasteiger partial charge in [-0.25, -0.2) is 4.79 Å². The molecule has 0 radical (unpaired) electrons. The fraction of sp³-hybridized carbons (Fsp3) is 0.176. The topological polar surface area (TPSA) is 113 Å². The maximum absolute atomic E-state index is 12.0. The molecule has 0 heterocycles. The lowest BCUT2D eigenvalue weighted by atomic mass is 10.2. The Labute approximate surface area is 144 Å². The fourth-order valence-corrected chi connectivity index (χ4v) is 2.03. The fourth-order valence-electron chi connectivity index (χ4n) is 2.03. The molecule has 130 valence electrons. The number of carbonyl (C=O) groups is 2. The van der Waals surface area contributed by atoms with Crippen LogP contribution in [0.3, 0.4) is 0 Å². The van der Waals surface area contributed by atoms with E-state index < -0.39 is 17.0 Å². The van der Waals surface area contributed by atoms with Gasteiger partial charge in [-0.05, 0) is 24.6 Å². The number of amides is 3.